The second-order valence-corrected chi connectivity index (χ2v) is 5.96. The van der Waals surface area contributed by atoms with Gasteiger partial charge in [0.05, 0.1) is 6.61 Å². The van der Waals surface area contributed by atoms with Gasteiger partial charge in [0.15, 0.2) is 5.78 Å². The summed E-state index contributed by atoms with van der Waals surface area (Å²) in [6.07, 6.45) is 6.65. The summed E-state index contributed by atoms with van der Waals surface area (Å²) >= 11 is 0. The first-order valence-electron chi connectivity index (χ1n) is 7.39. The molecule has 0 bridgehead atoms. The number of carbonyl (C=O) groups excluding carboxylic acids is 1. The van der Waals surface area contributed by atoms with Crippen LogP contribution in [-0.2, 0) is 11.8 Å². The van der Waals surface area contributed by atoms with Crippen LogP contribution in [0.3, 0.4) is 0 Å². The summed E-state index contributed by atoms with van der Waals surface area (Å²) in [5, 5.41) is 0. The number of rotatable bonds is 5. The first-order chi connectivity index (χ1) is 9.50. The van der Waals surface area contributed by atoms with E-state index in [2.05, 4.69) is 19.1 Å². The van der Waals surface area contributed by atoms with Crippen molar-refractivity contribution in [3.05, 3.63) is 35.2 Å². The van der Waals surface area contributed by atoms with E-state index in [0.717, 1.165) is 29.8 Å². The fourth-order valence-corrected chi connectivity index (χ4v) is 2.76. The molecule has 0 aliphatic heterocycles. The maximum absolute atomic E-state index is 12.2. The minimum absolute atomic E-state index is 0.0882. The lowest BCUT2D eigenvalue weighted by atomic mass is 9.85. The Labute approximate surface area is 121 Å². The van der Waals surface area contributed by atoms with Gasteiger partial charge in [0, 0.05) is 24.0 Å². The molecule has 1 aliphatic carbocycles. The summed E-state index contributed by atoms with van der Waals surface area (Å²) in [4.78, 5) is 12.2. The molecule has 0 saturated heterocycles. The Bertz CT molecular complexity index is 513. The minimum atomic E-state index is 0.0882. The van der Waals surface area contributed by atoms with Gasteiger partial charge in [0.25, 0.3) is 0 Å². The van der Waals surface area contributed by atoms with E-state index in [1.54, 1.807) is 0 Å². The van der Waals surface area contributed by atoms with Gasteiger partial charge in [-0.2, -0.15) is 0 Å². The third-order valence-electron chi connectivity index (χ3n) is 4.56. The standard InChI is InChI=1S/C17H25NO2/c1-12-7-5-6-8-15(12)10-20-11-17(19)16-9-13(2)18(4)14(16)3/h5-6,9,12,15H,7-8,10-11H2,1-4H3. The zero-order valence-electron chi connectivity index (χ0n) is 13.0. The summed E-state index contributed by atoms with van der Waals surface area (Å²) < 4.78 is 7.71. The van der Waals surface area contributed by atoms with Crippen molar-refractivity contribution >= 4 is 5.78 Å². The summed E-state index contributed by atoms with van der Waals surface area (Å²) in [6.45, 7) is 7.12. The second-order valence-electron chi connectivity index (χ2n) is 5.96. The van der Waals surface area contributed by atoms with Crippen LogP contribution in [0.25, 0.3) is 0 Å². The number of hydrogen-bond acceptors (Lipinski definition) is 2. The summed E-state index contributed by atoms with van der Waals surface area (Å²) in [5.74, 6) is 1.28. The molecular weight excluding hydrogens is 250 g/mol. The average molecular weight is 275 g/mol. The molecule has 0 amide bonds. The molecule has 0 radical (unpaired) electrons. The lowest BCUT2D eigenvalue weighted by Gasteiger charge is -2.24. The minimum Gasteiger partial charge on any atom is -0.373 e. The number of aromatic nitrogens is 1. The molecular formula is C17H25NO2. The smallest absolute Gasteiger partial charge is 0.190 e. The van der Waals surface area contributed by atoms with E-state index in [4.69, 9.17) is 4.74 Å². The Balaban J connectivity index is 1.86. The molecule has 2 atom stereocenters. The number of carbonyl (C=O) groups is 1. The predicted octanol–water partition coefficient (Wildman–Crippen LogP) is 3.44. The van der Waals surface area contributed by atoms with Gasteiger partial charge in [0.2, 0.25) is 0 Å². The van der Waals surface area contributed by atoms with E-state index in [-0.39, 0.29) is 12.4 Å². The van der Waals surface area contributed by atoms with Gasteiger partial charge in [0.1, 0.15) is 6.61 Å². The Morgan fingerprint density at radius 2 is 2.05 bits per heavy atom. The van der Waals surface area contributed by atoms with Crippen LogP contribution >= 0.6 is 0 Å². The quantitative estimate of drug-likeness (QED) is 0.609. The van der Waals surface area contributed by atoms with Gasteiger partial charge in [-0.05, 0) is 44.6 Å². The lowest BCUT2D eigenvalue weighted by molar-refractivity contribution is 0.0602. The SMILES string of the molecule is Cc1cc(C(=O)COCC2CC=CCC2C)c(C)n1C. The van der Waals surface area contributed by atoms with Gasteiger partial charge in [-0.15, -0.1) is 0 Å². The third-order valence-corrected chi connectivity index (χ3v) is 4.56. The fraction of sp³-hybridized carbons (Fsp3) is 0.588. The Morgan fingerprint density at radius 3 is 2.65 bits per heavy atom. The summed E-state index contributed by atoms with van der Waals surface area (Å²) in [7, 11) is 1.98. The monoisotopic (exact) mass is 275 g/mol. The molecule has 1 heterocycles. The number of allylic oxidation sites excluding steroid dienone is 2. The van der Waals surface area contributed by atoms with Crippen LogP contribution in [0.1, 0.15) is 41.5 Å². The zero-order chi connectivity index (χ0) is 14.7. The Morgan fingerprint density at radius 1 is 1.35 bits per heavy atom. The van der Waals surface area contributed by atoms with Gasteiger partial charge in [-0.25, -0.2) is 0 Å². The second kappa shape index (κ2) is 6.40. The molecule has 1 aliphatic rings. The average Bonchev–Trinajstić information content (AvgIpc) is 2.68. The highest BCUT2D eigenvalue weighted by Gasteiger charge is 2.19. The van der Waals surface area contributed by atoms with Crippen molar-refractivity contribution in [1.82, 2.24) is 4.57 Å². The van der Waals surface area contributed by atoms with Crippen LogP contribution in [0.15, 0.2) is 18.2 Å². The third kappa shape index (κ3) is 3.21. The van der Waals surface area contributed by atoms with Crippen LogP contribution in [0, 0.1) is 25.7 Å². The van der Waals surface area contributed by atoms with E-state index >= 15 is 0 Å². The normalized spacial score (nSPS) is 22.2. The molecule has 3 heteroatoms. The summed E-state index contributed by atoms with van der Waals surface area (Å²) in [6, 6.07) is 1.95. The van der Waals surface area contributed by atoms with Crippen LogP contribution in [0.2, 0.25) is 0 Å². The van der Waals surface area contributed by atoms with Crippen molar-refractivity contribution < 1.29 is 9.53 Å². The first-order valence-corrected chi connectivity index (χ1v) is 7.39. The lowest BCUT2D eigenvalue weighted by Crippen LogP contribution is -2.21. The molecule has 1 aromatic heterocycles. The van der Waals surface area contributed by atoms with Crippen molar-refractivity contribution in [3.8, 4) is 0 Å². The van der Waals surface area contributed by atoms with E-state index in [0.29, 0.717) is 18.4 Å². The van der Waals surface area contributed by atoms with Crippen LogP contribution in [0.5, 0.6) is 0 Å². The number of Topliss-reactive ketones (excluding diaryl/α,β-unsaturated/α-hetero) is 1. The molecule has 0 spiro atoms. The van der Waals surface area contributed by atoms with Crippen molar-refractivity contribution in [3.63, 3.8) is 0 Å². The number of hydrogen-bond donors (Lipinski definition) is 0. The molecule has 0 saturated carbocycles. The zero-order valence-corrected chi connectivity index (χ0v) is 13.0. The van der Waals surface area contributed by atoms with Crippen molar-refractivity contribution in [2.24, 2.45) is 18.9 Å². The number of ketones is 1. The van der Waals surface area contributed by atoms with Gasteiger partial charge >= 0.3 is 0 Å². The fourth-order valence-electron chi connectivity index (χ4n) is 2.76. The van der Waals surface area contributed by atoms with E-state index in [1.807, 2.05) is 31.5 Å². The van der Waals surface area contributed by atoms with Gasteiger partial charge < -0.3 is 9.30 Å². The molecule has 3 nitrogen and oxygen atoms in total. The topological polar surface area (TPSA) is 31.2 Å². The predicted molar refractivity (Wildman–Crippen MR) is 81.1 cm³/mol. The highest BCUT2D eigenvalue weighted by atomic mass is 16.5. The highest BCUT2D eigenvalue weighted by Crippen LogP contribution is 2.25. The van der Waals surface area contributed by atoms with E-state index in [1.165, 1.54) is 0 Å². The van der Waals surface area contributed by atoms with Crippen LogP contribution < -0.4 is 0 Å². The molecule has 0 aromatic carbocycles. The van der Waals surface area contributed by atoms with E-state index in [9.17, 15) is 4.79 Å². The maximum Gasteiger partial charge on any atom is 0.190 e. The Kier molecular flexibility index (Phi) is 4.81. The molecule has 110 valence electrons. The molecule has 2 unspecified atom stereocenters. The number of ether oxygens (including phenoxy) is 1. The van der Waals surface area contributed by atoms with Gasteiger partial charge in [-0.1, -0.05) is 19.1 Å². The van der Waals surface area contributed by atoms with Crippen LogP contribution in [0.4, 0.5) is 0 Å². The number of aryl methyl sites for hydroxylation is 1. The summed E-state index contributed by atoms with van der Waals surface area (Å²) in [5.41, 5.74) is 2.92. The Hall–Kier alpha value is -1.35. The van der Waals surface area contributed by atoms with Crippen molar-refractivity contribution in [1.29, 1.82) is 0 Å². The maximum atomic E-state index is 12.2. The van der Waals surface area contributed by atoms with Crippen LogP contribution in [-0.4, -0.2) is 23.6 Å². The molecule has 20 heavy (non-hydrogen) atoms. The number of nitrogens with zero attached hydrogens (tertiary/aromatic N) is 1. The highest BCUT2D eigenvalue weighted by molar-refractivity contribution is 5.98. The van der Waals surface area contributed by atoms with Crippen molar-refractivity contribution in [2.75, 3.05) is 13.2 Å². The first kappa shape index (κ1) is 15.0. The largest absolute Gasteiger partial charge is 0.373 e. The van der Waals surface area contributed by atoms with Crippen molar-refractivity contribution in [2.45, 2.75) is 33.6 Å². The van der Waals surface area contributed by atoms with Gasteiger partial charge in [-0.3, -0.25) is 4.79 Å². The van der Waals surface area contributed by atoms with E-state index < -0.39 is 0 Å². The molecule has 1 aromatic rings. The molecule has 2 rings (SSSR count). The molecule has 0 N–H and O–H groups in total. The molecule has 0 fully saturated rings.